The van der Waals surface area contributed by atoms with Crippen molar-refractivity contribution in [3.63, 3.8) is 0 Å². The van der Waals surface area contributed by atoms with Gasteiger partial charge < -0.3 is 5.73 Å². The Kier molecular flexibility index (Phi) is 3.72. The van der Waals surface area contributed by atoms with Crippen LogP contribution < -0.4 is 5.73 Å². The quantitative estimate of drug-likeness (QED) is 0.871. The molecule has 0 bridgehead atoms. The standard InChI is InChI=1S/C20H22N2O2S/c1-12-23-20(24-12)15-6-5-7-16(17(15)18(21)22-20)25-14-10-8-13(9-11-14)19(2,3)4/h5-12H,1-4H3,(H2,21,22). The first-order valence-corrected chi connectivity index (χ1v) is 9.23. The summed E-state index contributed by atoms with van der Waals surface area (Å²) in [5.41, 5.74) is 9.46. The molecule has 2 aromatic carbocycles. The molecule has 2 heterocycles. The molecule has 0 amide bonds. The maximum absolute atomic E-state index is 6.19. The molecule has 1 fully saturated rings. The van der Waals surface area contributed by atoms with E-state index in [0.717, 1.165) is 16.0 Å². The van der Waals surface area contributed by atoms with Crippen LogP contribution in [0.25, 0.3) is 0 Å². The van der Waals surface area contributed by atoms with Crippen LogP contribution >= 0.6 is 11.8 Å². The highest BCUT2D eigenvalue weighted by atomic mass is 32.2. The third-order valence-corrected chi connectivity index (χ3v) is 5.56. The van der Waals surface area contributed by atoms with Crippen molar-refractivity contribution in [1.29, 1.82) is 0 Å². The Hall–Kier alpha value is -1.82. The summed E-state index contributed by atoms with van der Waals surface area (Å²) < 4.78 is 11.5. The minimum Gasteiger partial charge on any atom is -0.383 e. The van der Waals surface area contributed by atoms with E-state index in [1.165, 1.54) is 10.5 Å². The number of hydrogen-bond acceptors (Lipinski definition) is 5. The number of rotatable bonds is 2. The molecule has 5 heteroatoms. The summed E-state index contributed by atoms with van der Waals surface area (Å²) in [4.78, 5) is 6.66. The van der Waals surface area contributed by atoms with Crippen molar-refractivity contribution in [1.82, 2.24) is 0 Å². The minimum atomic E-state index is -1.04. The van der Waals surface area contributed by atoms with E-state index < -0.39 is 5.91 Å². The fourth-order valence-corrected chi connectivity index (χ4v) is 4.20. The van der Waals surface area contributed by atoms with Crippen LogP contribution in [-0.2, 0) is 20.8 Å². The minimum absolute atomic E-state index is 0.149. The predicted molar refractivity (Wildman–Crippen MR) is 99.7 cm³/mol. The predicted octanol–water partition coefficient (Wildman–Crippen LogP) is 4.36. The van der Waals surface area contributed by atoms with Crippen LogP contribution in [0.5, 0.6) is 0 Å². The molecule has 2 aromatic rings. The van der Waals surface area contributed by atoms with Gasteiger partial charge >= 0.3 is 5.91 Å². The summed E-state index contributed by atoms with van der Waals surface area (Å²) in [6.07, 6.45) is -0.260. The lowest BCUT2D eigenvalue weighted by Crippen LogP contribution is -2.47. The Balaban J connectivity index is 1.65. The second-order valence-electron chi connectivity index (χ2n) is 7.44. The number of nitrogens with zero attached hydrogens (tertiary/aromatic N) is 1. The molecular weight excluding hydrogens is 332 g/mol. The van der Waals surface area contributed by atoms with Crippen molar-refractivity contribution in [3.8, 4) is 0 Å². The van der Waals surface area contributed by atoms with E-state index in [-0.39, 0.29) is 11.7 Å². The van der Waals surface area contributed by atoms with Crippen LogP contribution in [0.2, 0.25) is 0 Å². The Morgan fingerprint density at radius 2 is 1.76 bits per heavy atom. The van der Waals surface area contributed by atoms with Gasteiger partial charge in [0.2, 0.25) is 0 Å². The molecule has 0 saturated carbocycles. The Morgan fingerprint density at radius 3 is 2.36 bits per heavy atom. The first-order chi connectivity index (χ1) is 11.8. The number of hydrogen-bond donors (Lipinski definition) is 1. The van der Waals surface area contributed by atoms with Gasteiger partial charge in [0.15, 0.2) is 6.29 Å². The monoisotopic (exact) mass is 354 g/mol. The van der Waals surface area contributed by atoms with Gasteiger partial charge in [0.1, 0.15) is 5.84 Å². The zero-order chi connectivity index (χ0) is 17.8. The second-order valence-corrected chi connectivity index (χ2v) is 8.55. The molecule has 1 spiro atoms. The average molecular weight is 354 g/mol. The van der Waals surface area contributed by atoms with E-state index in [1.807, 2.05) is 19.1 Å². The van der Waals surface area contributed by atoms with Crippen LogP contribution in [0.4, 0.5) is 0 Å². The summed E-state index contributed by atoms with van der Waals surface area (Å²) in [6.45, 7) is 8.50. The van der Waals surface area contributed by atoms with E-state index in [9.17, 15) is 0 Å². The number of nitrogens with two attached hydrogens (primary N) is 1. The largest absolute Gasteiger partial charge is 0.383 e. The highest BCUT2D eigenvalue weighted by Crippen LogP contribution is 2.48. The van der Waals surface area contributed by atoms with Gasteiger partial charge in [0.05, 0.1) is 0 Å². The lowest BCUT2D eigenvalue weighted by atomic mass is 9.87. The fraction of sp³-hybridized carbons (Fsp3) is 0.350. The Bertz CT molecular complexity index is 847. The molecule has 2 aliphatic rings. The van der Waals surface area contributed by atoms with Crippen molar-refractivity contribution in [2.45, 2.75) is 55.1 Å². The smallest absolute Gasteiger partial charge is 0.305 e. The number of aliphatic imine (C=N–C) groups is 1. The van der Waals surface area contributed by atoms with Crippen LogP contribution in [0.3, 0.4) is 0 Å². The summed E-state index contributed by atoms with van der Waals surface area (Å²) in [6, 6.07) is 14.7. The highest BCUT2D eigenvalue weighted by molar-refractivity contribution is 7.99. The third kappa shape index (κ3) is 2.76. The lowest BCUT2D eigenvalue weighted by Gasteiger charge is -2.41. The van der Waals surface area contributed by atoms with Crippen LogP contribution in [0.15, 0.2) is 57.2 Å². The lowest BCUT2D eigenvalue weighted by molar-refractivity contribution is -0.451. The van der Waals surface area contributed by atoms with Gasteiger partial charge in [-0.3, -0.25) is 9.47 Å². The van der Waals surface area contributed by atoms with Gasteiger partial charge in [0, 0.05) is 20.9 Å². The van der Waals surface area contributed by atoms with E-state index >= 15 is 0 Å². The zero-order valence-electron chi connectivity index (χ0n) is 14.9. The summed E-state index contributed by atoms with van der Waals surface area (Å²) >= 11 is 1.68. The average Bonchev–Trinajstić information content (AvgIpc) is 2.81. The molecule has 0 aromatic heterocycles. The van der Waals surface area contributed by atoms with Crippen LogP contribution in [-0.4, -0.2) is 12.1 Å². The SMILES string of the molecule is CC1OC2(N=C(N)c3c(Sc4ccc(C(C)(C)C)cc4)cccc32)O1. The maximum atomic E-state index is 6.19. The van der Waals surface area contributed by atoms with Crippen molar-refractivity contribution < 1.29 is 9.47 Å². The molecule has 1 saturated heterocycles. The summed E-state index contributed by atoms with van der Waals surface area (Å²) in [5, 5.41) is 0. The molecule has 4 rings (SSSR count). The fourth-order valence-electron chi connectivity index (χ4n) is 3.21. The van der Waals surface area contributed by atoms with Gasteiger partial charge in [-0.2, -0.15) is 0 Å². The maximum Gasteiger partial charge on any atom is 0.305 e. The normalized spacial score (nSPS) is 24.8. The van der Waals surface area contributed by atoms with Crippen LogP contribution in [0.1, 0.15) is 44.4 Å². The van der Waals surface area contributed by atoms with E-state index in [2.05, 4.69) is 56.1 Å². The molecular formula is C20H22N2O2S. The van der Waals surface area contributed by atoms with E-state index in [1.54, 1.807) is 11.8 Å². The summed E-state index contributed by atoms with van der Waals surface area (Å²) in [7, 11) is 0. The zero-order valence-corrected chi connectivity index (χ0v) is 15.7. The van der Waals surface area contributed by atoms with Gasteiger partial charge in [-0.05, 0) is 36.1 Å². The van der Waals surface area contributed by atoms with Crippen molar-refractivity contribution in [2.24, 2.45) is 10.7 Å². The first kappa shape index (κ1) is 16.6. The molecule has 2 N–H and O–H groups in total. The molecule has 0 atom stereocenters. The summed E-state index contributed by atoms with van der Waals surface area (Å²) in [5.74, 6) is -0.567. The van der Waals surface area contributed by atoms with Gasteiger partial charge in [-0.1, -0.05) is 56.8 Å². The second kappa shape index (κ2) is 5.59. The molecule has 4 nitrogen and oxygen atoms in total. The van der Waals surface area contributed by atoms with Gasteiger partial charge in [0.25, 0.3) is 0 Å². The molecule has 25 heavy (non-hydrogen) atoms. The number of amidine groups is 1. The molecule has 0 aliphatic carbocycles. The Labute approximate surface area is 152 Å². The topological polar surface area (TPSA) is 56.8 Å². The number of ether oxygens (including phenoxy) is 2. The molecule has 2 aliphatic heterocycles. The number of fused-ring (bicyclic) bond motifs is 2. The van der Waals surface area contributed by atoms with Gasteiger partial charge in [-0.15, -0.1) is 0 Å². The van der Waals surface area contributed by atoms with E-state index in [0.29, 0.717) is 5.84 Å². The molecule has 130 valence electrons. The van der Waals surface area contributed by atoms with Gasteiger partial charge in [-0.25, -0.2) is 4.99 Å². The first-order valence-electron chi connectivity index (χ1n) is 8.42. The van der Waals surface area contributed by atoms with Crippen molar-refractivity contribution in [3.05, 3.63) is 59.2 Å². The number of benzene rings is 2. The third-order valence-electron chi connectivity index (χ3n) is 4.49. The van der Waals surface area contributed by atoms with E-state index in [4.69, 9.17) is 15.2 Å². The molecule has 0 radical (unpaired) electrons. The van der Waals surface area contributed by atoms with Crippen molar-refractivity contribution in [2.75, 3.05) is 0 Å². The van der Waals surface area contributed by atoms with Crippen LogP contribution in [0, 0.1) is 0 Å². The van der Waals surface area contributed by atoms with Crippen molar-refractivity contribution >= 4 is 17.6 Å². The highest BCUT2D eigenvalue weighted by Gasteiger charge is 2.52. The Morgan fingerprint density at radius 1 is 1.08 bits per heavy atom. The molecule has 0 unspecified atom stereocenters.